The predicted molar refractivity (Wildman–Crippen MR) is 105 cm³/mol. The second-order valence-electron chi connectivity index (χ2n) is 5.86. The summed E-state index contributed by atoms with van der Waals surface area (Å²) < 4.78 is 16.0. The van der Waals surface area contributed by atoms with Gasteiger partial charge in [-0.2, -0.15) is 0 Å². The van der Waals surface area contributed by atoms with Gasteiger partial charge in [0.15, 0.2) is 5.78 Å². The zero-order valence-corrected chi connectivity index (χ0v) is 15.2. The van der Waals surface area contributed by atoms with Crippen molar-refractivity contribution in [3.63, 3.8) is 0 Å². The van der Waals surface area contributed by atoms with Crippen molar-refractivity contribution in [3.05, 3.63) is 72.0 Å². The van der Waals surface area contributed by atoms with Crippen molar-refractivity contribution in [1.29, 1.82) is 0 Å². The van der Waals surface area contributed by atoms with Gasteiger partial charge in [0.05, 0.1) is 25.9 Å². The lowest BCUT2D eigenvalue weighted by atomic mass is 9.98. The van der Waals surface area contributed by atoms with Crippen LogP contribution < -0.4 is 9.47 Å². The third kappa shape index (κ3) is 3.44. The number of ether oxygens (including phenoxy) is 2. The smallest absolute Gasteiger partial charge is 0.193 e. The molecule has 3 aromatic rings. The maximum atomic E-state index is 12.9. The summed E-state index contributed by atoms with van der Waals surface area (Å²) in [5.74, 6) is 0.498. The highest BCUT2D eigenvalue weighted by Crippen LogP contribution is 2.41. The fourth-order valence-corrected chi connectivity index (χ4v) is 2.97. The van der Waals surface area contributed by atoms with E-state index in [1.807, 2.05) is 24.3 Å². The molecule has 3 rings (SSSR count). The van der Waals surface area contributed by atoms with E-state index in [1.165, 1.54) is 19.4 Å². The first-order chi connectivity index (χ1) is 13.1. The molecule has 0 radical (unpaired) electrons. The molecule has 0 atom stereocenters. The average Bonchev–Trinajstić information content (AvgIpc) is 3.17. The molecule has 5 heteroatoms. The number of rotatable bonds is 7. The van der Waals surface area contributed by atoms with E-state index in [4.69, 9.17) is 13.9 Å². The van der Waals surface area contributed by atoms with Crippen LogP contribution in [0.25, 0.3) is 17.0 Å². The Bertz CT molecular complexity index is 1010. The SMILES string of the molecule is C=CCc1c(O)c(C(=O)/C=C/c2ccc(OC)cc2)c(OC)c2ccoc12. The number of methoxy groups -OCH3 is 2. The van der Waals surface area contributed by atoms with Crippen LogP contribution >= 0.6 is 0 Å². The van der Waals surface area contributed by atoms with Gasteiger partial charge in [0, 0.05) is 5.56 Å². The Kier molecular flexibility index (Phi) is 5.31. The van der Waals surface area contributed by atoms with Crippen molar-refractivity contribution in [3.8, 4) is 17.2 Å². The van der Waals surface area contributed by atoms with E-state index in [0.29, 0.717) is 23.0 Å². The summed E-state index contributed by atoms with van der Waals surface area (Å²) in [6.07, 6.45) is 6.59. The molecule has 1 N–H and O–H groups in total. The summed E-state index contributed by atoms with van der Waals surface area (Å²) in [6, 6.07) is 9.00. The van der Waals surface area contributed by atoms with Crippen molar-refractivity contribution in [2.75, 3.05) is 14.2 Å². The molecular formula is C22H20O5. The number of allylic oxidation sites excluding steroid dienone is 2. The van der Waals surface area contributed by atoms with Gasteiger partial charge in [-0.25, -0.2) is 0 Å². The third-order valence-corrected chi connectivity index (χ3v) is 4.28. The lowest BCUT2D eigenvalue weighted by molar-refractivity contribution is 0.104. The zero-order valence-electron chi connectivity index (χ0n) is 15.2. The molecule has 0 aliphatic carbocycles. The first-order valence-electron chi connectivity index (χ1n) is 8.37. The van der Waals surface area contributed by atoms with Crippen LogP contribution in [-0.4, -0.2) is 25.1 Å². The normalized spacial score (nSPS) is 11.0. The highest BCUT2D eigenvalue weighted by atomic mass is 16.5. The van der Waals surface area contributed by atoms with E-state index in [-0.39, 0.29) is 22.8 Å². The van der Waals surface area contributed by atoms with Gasteiger partial charge >= 0.3 is 0 Å². The van der Waals surface area contributed by atoms with Crippen LogP contribution in [0.4, 0.5) is 0 Å². The minimum Gasteiger partial charge on any atom is -0.507 e. The molecule has 0 aliphatic rings. The molecule has 5 nitrogen and oxygen atoms in total. The fourth-order valence-electron chi connectivity index (χ4n) is 2.97. The summed E-state index contributed by atoms with van der Waals surface area (Å²) in [6.45, 7) is 3.70. The van der Waals surface area contributed by atoms with Crippen molar-refractivity contribution < 1.29 is 23.8 Å². The lowest BCUT2D eigenvalue weighted by Gasteiger charge is -2.13. The Morgan fingerprint density at radius 1 is 1.19 bits per heavy atom. The Morgan fingerprint density at radius 3 is 2.56 bits per heavy atom. The van der Waals surface area contributed by atoms with Gasteiger partial charge < -0.3 is 19.0 Å². The Labute approximate surface area is 157 Å². The monoisotopic (exact) mass is 364 g/mol. The number of furan rings is 1. The number of phenols is 1. The Hall–Kier alpha value is -3.47. The van der Waals surface area contributed by atoms with Gasteiger partial charge in [-0.05, 0) is 36.3 Å². The van der Waals surface area contributed by atoms with Gasteiger partial charge in [-0.15, -0.1) is 6.58 Å². The van der Waals surface area contributed by atoms with E-state index < -0.39 is 0 Å². The minimum atomic E-state index is -0.367. The molecule has 0 fully saturated rings. The first-order valence-corrected chi connectivity index (χ1v) is 8.37. The molecule has 0 bridgehead atoms. The van der Waals surface area contributed by atoms with E-state index in [9.17, 15) is 9.90 Å². The van der Waals surface area contributed by atoms with Gasteiger partial charge in [0.25, 0.3) is 0 Å². The molecule has 0 amide bonds. The predicted octanol–water partition coefficient (Wildman–Crippen LogP) is 4.78. The molecule has 0 spiro atoms. The molecule has 27 heavy (non-hydrogen) atoms. The maximum absolute atomic E-state index is 12.9. The Balaban J connectivity index is 2.05. The summed E-state index contributed by atoms with van der Waals surface area (Å²) >= 11 is 0. The number of benzene rings is 2. The van der Waals surface area contributed by atoms with E-state index in [0.717, 1.165) is 11.3 Å². The van der Waals surface area contributed by atoms with E-state index in [1.54, 1.807) is 25.3 Å². The van der Waals surface area contributed by atoms with Crippen molar-refractivity contribution in [2.24, 2.45) is 0 Å². The molecule has 138 valence electrons. The zero-order chi connectivity index (χ0) is 19.4. The van der Waals surface area contributed by atoms with Gasteiger partial charge in [-0.3, -0.25) is 4.79 Å². The summed E-state index contributed by atoms with van der Waals surface area (Å²) in [5, 5.41) is 11.4. The lowest BCUT2D eigenvalue weighted by Crippen LogP contribution is -2.03. The Morgan fingerprint density at radius 2 is 1.93 bits per heavy atom. The largest absolute Gasteiger partial charge is 0.507 e. The highest BCUT2D eigenvalue weighted by Gasteiger charge is 2.24. The molecule has 0 saturated heterocycles. The van der Waals surface area contributed by atoms with Gasteiger partial charge in [-0.1, -0.05) is 24.3 Å². The molecule has 0 unspecified atom stereocenters. The molecular weight excluding hydrogens is 344 g/mol. The highest BCUT2D eigenvalue weighted by molar-refractivity contribution is 6.14. The quantitative estimate of drug-likeness (QED) is 0.371. The topological polar surface area (TPSA) is 68.9 Å². The molecule has 0 aliphatic heterocycles. The van der Waals surface area contributed by atoms with E-state index >= 15 is 0 Å². The number of hydrogen-bond donors (Lipinski definition) is 1. The van der Waals surface area contributed by atoms with Gasteiger partial charge in [0.1, 0.15) is 28.4 Å². The van der Waals surface area contributed by atoms with Crippen molar-refractivity contribution >= 4 is 22.8 Å². The van der Waals surface area contributed by atoms with Crippen LogP contribution in [0.3, 0.4) is 0 Å². The van der Waals surface area contributed by atoms with Crippen LogP contribution in [0, 0.1) is 0 Å². The number of aromatic hydroxyl groups is 1. The van der Waals surface area contributed by atoms with Crippen LogP contribution in [0.15, 0.2) is 59.7 Å². The molecule has 2 aromatic carbocycles. The van der Waals surface area contributed by atoms with Crippen LogP contribution in [0.5, 0.6) is 17.2 Å². The maximum Gasteiger partial charge on any atom is 0.193 e. The number of carbonyl (C=O) groups is 1. The minimum absolute atomic E-state index is 0.105. The second kappa shape index (κ2) is 7.83. The molecule has 1 heterocycles. The number of fused-ring (bicyclic) bond motifs is 1. The third-order valence-electron chi connectivity index (χ3n) is 4.28. The van der Waals surface area contributed by atoms with Crippen molar-refractivity contribution in [1.82, 2.24) is 0 Å². The number of ketones is 1. The van der Waals surface area contributed by atoms with Crippen LogP contribution in [0.2, 0.25) is 0 Å². The van der Waals surface area contributed by atoms with Crippen molar-refractivity contribution in [2.45, 2.75) is 6.42 Å². The number of hydrogen-bond acceptors (Lipinski definition) is 5. The van der Waals surface area contributed by atoms with E-state index in [2.05, 4.69) is 6.58 Å². The van der Waals surface area contributed by atoms with Crippen LogP contribution in [-0.2, 0) is 6.42 Å². The van der Waals surface area contributed by atoms with Crippen LogP contribution in [0.1, 0.15) is 21.5 Å². The fraction of sp³-hybridized carbons (Fsp3) is 0.136. The molecule has 0 saturated carbocycles. The summed E-state index contributed by atoms with van der Waals surface area (Å²) in [4.78, 5) is 12.9. The number of carbonyl (C=O) groups excluding carboxylic acids is 1. The number of phenolic OH excluding ortho intramolecular Hbond substituents is 1. The summed E-state index contributed by atoms with van der Waals surface area (Å²) in [5.41, 5.74) is 1.93. The second-order valence-corrected chi connectivity index (χ2v) is 5.86. The first kappa shape index (κ1) is 18.3. The van der Waals surface area contributed by atoms with Gasteiger partial charge in [0.2, 0.25) is 0 Å². The average molecular weight is 364 g/mol. The molecule has 1 aromatic heterocycles. The summed E-state index contributed by atoms with van der Waals surface area (Å²) in [7, 11) is 3.05. The standard InChI is InChI=1S/C22H20O5/c1-4-5-16-20(24)19(22(26-3)17-12-13-27-21(16)17)18(23)11-8-14-6-9-15(25-2)10-7-14/h4,6-13,24H,1,5H2,2-3H3/b11-8+.